The third-order valence-corrected chi connectivity index (χ3v) is 6.23. The first kappa shape index (κ1) is 16.8. The van der Waals surface area contributed by atoms with Crippen molar-refractivity contribution in [1.82, 2.24) is 4.90 Å². The van der Waals surface area contributed by atoms with Gasteiger partial charge in [0.25, 0.3) is 5.91 Å². The topological polar surface area (TPSA) is 67.6 Å². The molecule has 1 amide bonds. The fraction of sp³-hybridized carbons (Fsp3) is 0.389. The van der Waals surface area contributed by atoms with E-state index in [0.29, 0.717) is 12.1 Å². The maximum absolute atomic E-state index is 12.9. The van der Waals surface area contributed by atoms with Gasteiger partial charge in [-0.05, 0) is 55.7 Å². The lowest BCUT2D eigenvalue weighted by Crippen LogP contribution is -2.38. The summed E-state index contributed by atoms with van der Waals surface area (Å²) < 4.78 is 29.3. The molecule has 0 bridgehead atoms. The van der Waals surface area contributed by atoms with Gasteiger partial charge in [-0.2, -0.15) is 0 Å². The molecule has 3 rings (SSSR count). The molecule has 0 aliphatic carbocycles. The number of rotatable bonds is 4. The largest absolute Gasteiger partial charge is 0.467 e. The Hall–Kier alpha value is -2.08. The van der Waals surface area contributed by atoms with E-state index in [4.69, 9.17) is 4.42 Å². The van der Waals surface area contributed by atoms with Crippen LogP contribution in [0.1, 0.15) is 48.3 Å². The second-order valence-corrected chi connectivity index (χ2v) is 8.23. The van der Waals surface area contributed by atoms with Crippen LogP contribution in [0.5, 0.6) is 0 Å². The van der Waals surface area contributed by atoms with Crippen LogP contribution in [0, 0.1) is 0 Å². The molecule has 1 fully saturated rings. The van der Waals surface area contributed by atoms with Crippen molar-refractivity contribution in [3.63, 3.8) is 0 Å². The highest BCUT2D eigenvalue weighted by Gasteiger charge is 2.30. The van der Waals surface area contributed by atoms with E-state index in [9.17, 15) is 13.2 Å². The van der Waals surface area contributed by atoms with Crippen LogP contribution in [-0.2, 0) is 9.84 Å². The van der Waals surface area contributed by atoms with Crippen molar-refractivity contribution in [2.45, 2.75) is 37.1 Å². The molecule has 0 spiro atoms. The van der Waals surface area contributed by atoms with Crippen molar-refractivity contribution in [3.05, 3.63) is 54.0 Å². The first-order valence-corrected chi connectivity index (χ1v) is 9.85. The van der Waals surface area contributed by atoms with Gasteiger partial charge in [-0.25, -0.2) is 8.42 Å². The van der Waals surface area contributed by atoms with E-state index in [0.717, 1.165) is 25.0 Å². The smallest absolute Gasteiger partial charge is 0.254 e. The van der Waals surface area contributed by atoms with Crippen molar-refractivity contribution in [2.24, 2.45) is 0 Å². The fourth-order valence-corrected chi connectivity index (χ4v) is 3.97. The Labute approximate surface area is 142 Å². The average Bonchev–Trinajstić information content (AvgIpc) is 3.16. The summed E-state index contributed by atoms with van der Waals surface area (Å²) in [6, 6.07) is 9.89. The number of carbonyl (C=O) groups excluding carboxylic acids is 1. The van der Waals surface area contributed by atoms with Crippen LogP contribution in [0.15, 0.2) is 52.0 Å². The molecule has 1 aliphatic heterocycles. The average molecular weight is 347 g/mol. The molecule has 1 atom stereocenters. The predicted octanol–water partition coefficient (Wildman–Crippen LogP) is 3.44. The molecule has 1 aromatic heterocycles. The summed E-state index contributed by atoms with van der Waals surface area (Å²) in [5.41, 5.74) is 0.503. The number of amides is 1. The minimum absolute atomic E-state index is 0.0486. The highest BCUT2D eigenvalue weighted by atomic mass is 32.2. The van der Waals surface area contributed by atoms with Gasteiger partial charge >= 0.3 is 0 Å². The summed E-state index contributed by atoms with van der Waals surface area (Å²) >= 11 is 0. The number of piperidine rings is 1. The van der Waals surface area contributed by atoms with Crippen molar-refractivity contribution in [3.8, 4) is 0 Å². The molecule has 5 nitrogen and oxygen atoms in total. The van der Waals surface area contributed by atoms with E-state index in [2.05, 4.69) is 0 Å². The second kappa shape index (κ2) is 6.81. The van der Waals surface area contributed by atoms with E-state index in [-0.39, 0.29) is 22.6 Å². The van der Waals surface area contributed by atoms with E-state index >= 15 is 0 Å². The molecular formula is C18H21NO4S. The molecule has 6 heteroatoms. The Morgan fingerprint density at radius 1 is 1.21 bits per heavy atom. The van der Waals surface area contributed by atoms with Gasteiger partial charge in [0.05, 0.1) is 23.0 Å². The van der Waals surface area contributed by atoms with E-state index in [1.165, 1.54) is 12.1 Å². The number of carbonyl (C=O) groups is 1. The van der Waals surface area contributed by atoms with Gasteiger partial charge in [-0.1, -0.05) is 6.92 Å². The SMILES string of the molecule is CCS(=O)(=O)c1ccc(C(=O)N2CCCC[C@H]2c2ccco2)cc1. The molecular weight excluding hydrogens is 326 g/mol. The number of benzene rings is 1. The van der Waals surface area contributed by atoms with Crippen LogP contribution in [0.4, 0.5) is 0 Å². The van der Waals surface area contributed by atoms with Crippen LogP contribution >= 0.6 is 0 Å². The lowest BCUT2D eigenvalue weighted by Gasteiger charge is -2.34. The zero-order valence-corrected chi connectivity index (χ0v) is 14.5. The second-order valence-electron chi connectivity index (χ2n) is 5.95. The number of hydrogen-bond acceptors (Lipinski definition) is 4. The van der Waals surface area contributed by atoms with Gasteiger partial charge in [0.1, 0.15) is 5.76 Å². The zero-order chi connectivity index (χ0) is 17.2. The standard InChI is InChI=1S/C18H21NO4S/c1-2-24(21,22)15-10-8-14(9-11-15)18(20)19-12-4-3-6-16(19)17-7-5-13-23-17/h5,7-11,13,16H,2-4,6,12H2,1H3/t16-/m0/s1. The van der Waals surface area contributed by atoms with Crippen molar-refractivity contribution in [1.29, 1.82) is 0 Å². The quantitative estimate of drug-likeness (QED) is 0.850. The van der Waals surface area contributed by atoms with Crippen LogP contribution in [0.25, 0.3) is 0 Å². The molecule has 1 aliphatic rings. The summed E-state index contributed by atoms with van der Waals surface area (Å²) in [6.07, 6.45) is 4.52. The molecule has 24 heavy (non-hydrogen) atoms. The molecule has 1 aromatic carbocycles. The Balaban J connectivity index is 1.84. The number of hydrogen-bond donors (Lipinski definition) is 0. The van der Waals surface area contributed by atoms with Gasteiger partial charge < -0.3 is 9.32 Å². The van der Waals surface area contributed by atoms with Crippen LogP contribution in [-0.4, -0.2) is 31.5 Å². The van der Waals surface area contributed by atoms with Crippen molar-refractivity contribution >= 4 is 15.7 Å². The Bertz CT molecular complexity index is 794. The molecule has 1 saturated heterocycles. The zero-order valence-electron chi connectivity index (χ0n) is 13.6. The van der Waals surface area contributed by atoms with Gasteiger partial charge in [0, 0.05) is 12.1 Å². The number of likely N-dealkylation sites (tertiary alicyclic amines) is 1. The minimum Gasteiger partial charge on any atom is -0.467 e. The Kier molecular flexibility index (Phi) is 4.76. The molecule has 0 saturated carbocycles. The number of nitrogens with zero attached hydrogens (tertiary/aromatic N) is 1. The first-order valence-electron chi connectivity index (χ1n) is 8.20. The van der Waals surface area contributed by atoms with Crippen LogP contribution in [0.2, 0.25) is 0 Å². The van der Waals surface area contributed by atoms with E-state index in [1.807, 2.05) is 17.0 Å². The summed E-state index contributed by atoms with van der Waals surface area (Å²) in [6.45, 7) is 2.29. The summed E-state index contributed by atoms with van der Waals surface area (Å²) in [4.78, 5) is 14.9. The molecule has 0 unspecified atom stereocenters. The Morgan fingerprint density at radius 3 is 2.58 bits per heavy atom. The summed E-state index contributed by atoms with van der Waals surface area (Å²) in [5.74, 6) is 0.761. The highest BCUT2D eigenvalue weighted by molar-refractivity contribution is 7.91. The molecule has 0 N–H and O–H groups in total. The third kappa shape index (κ3) is 3.24. The summed E-state index contributed by atoms with van der Waals surface area (Å²) in [7, 11) is -3.25. The van der Waals surface area contributed by atoms with Crippen molar-refractivity contribution < 1.29 is 17.6 Å². The normalized spacial score (nSPS) is 18.5. The highest BCUT2D eigenvalue weighted by Crippen LogP contribution is 2.32. The fourth-order valence-electron chi connectivity index (χ4n) is 3.09. The molecule has 128 valence electrons. The maximum atomic E-state index is 12.9. The predicted molar refractivity (Wildman–Crippen MR) is 90.5 cm³/mol. The minimum atomic E-state index is -3.25. The van der Waals surface area contributed by atoms with Gasteiger partial charge in [0.2, 0.25) is 0 Å². The lowest BCUT2D eigenvalue weighted by atomic mass is 9.99. The number of sulfone groups is 1. The number of furan rings is 1. The van der Waals surface area contributed by atoms with Crippen molar-refractivity contribution in [2.75, 3.05) is 12.3 Å². The molecule has 0 radical (unpaired) electrons. The van der Waals surface area contributed by atoms with E-state index < -0.39 is 9.84 Å². The summed E-state index contributed by atoms with van der Waals surface area (Å²) in [5, 5.41) is 0. The lowest BCUT2D eigenvalue weighted by molar-refractivity contribution is 0.0580. The van der Waals surface area contributed by atoms with Gasteiger partial charge in [0.15, 0.2) is 9.84 Å². The monoisotopic (exact) mass is 347 g/mol. The first-order chi connectivity index (χ1) is 11.5. The maximum Gasteiger partial charge on any atom is 0.254 e. The van der Waals surface area contributed by atoms with E-state index in [1.54, 1.807) is 25.3 Å². The third-order valence-electron chi connectivity index (χ3n) is 4.48. The van der Waals surface area contributed by atoms with Gasteiger partial charge in [-0.15, -0.1) is 0 Å². The van der Waals surface area contributed by atoms with Crippen LogP contribution in [0.3, 0.4) is 0 Å². The molecule has 2 aromatic rings. The van der Waals surface area contributed by atoms with Crippen LogP contribution < -0.4 is 0 Å². The van der Waals surface area contributed by atoms with Gasteiger partial charge in [-0.3, -0.25) is 4.79 Å². The Morgan fingerprint density at radius 2 is 1.96 bits per heavy atom. The molecule has 2 heterocycles.